The van der Waals surface area contributed by atoms with Gasteiger partial charge in [0.25, 0.3) is 0 Å². The second-order valence-corrected chi connectivity index (χ2v) is 60.1. The minimum atomic E-state index is -3.33. The first kappa shape index (κ1) is 61.6. The summed E-state index contributed by atoms with van der Waals surface area (Å²) in [6.07, 6.45) is 4.45. The topological polar surface area (TPSA) is 55.4 Å². The predicted octanol–water partition coefficient (Wildman–Crippen LogP) is 13.6. The van der Waals surface area contributed by atoms with Crippen molar-refractivity contribution in [2.45, 2.75) is 161 Å². The van der Waals surface area contributed by atoms with Crippen molar-refractivity contribution in [3.05, 3.63) is 182 Å². The van der Waals surface area contributed by atoms with Crippen molar-refractivity contribution in [1.82, 2.24) is 0 Å². The highest BCUT2D eigenvalue weighted by atomic mass is 28.5. The zero-order valence-corrected chi connectivity index (χ0v) is 58.9. The molecular weight excluding hydrogens is 1090 g/mol. The summed E-state index contributed by atoms with van der Waals surface area (Å²) in [4.78, 5) is 0. The van der Waals surface area contributed by atoms with E-state index in [2.05, 4.69) is 282 Å². The van der Waals surface area contributed by atoms with Crippen LogP contribution in [0, 0.1) is 5.41 Å². The van der Waals surface area contributed by atoms with E-state index in [1.165, 1.54) is 31.1 Å². The Kier molecular flexibility index (Phi) is 20.0. The predicted molar refractivity (Wildman–Crippen MR) is 351 cm³/mol. The standard InChI is InChI=1S/C62H94O6Si9/c1-16-61(3,4)48-50-70(7,8)65-76(57-40-28-20-29-41-57,58-42-30-21-31-43-58)66-72(11,12)52-53-73(13,14)67-77(59-44-32-22-33-45-59,60-46-34-23-35-47-60)68-74(15)54-62(74,17-2)49-51-71(9,10)64-75(63-69(5)6,55-36-24-18-25-37-55)56-38-26-19-27-39-56/h18-47,69H,16-17,48-54H2,1-15H3. The number of hydrogen-bond acceptors (Lipinski definition) is 6. The van der Waals surface area contributed by atoms with Crippen molar-refractivity contribution in [3.63, 3.8) is 0 Å². The Morgan fingerprint density at radius 3 is 1.08 bits per heavy atom. The van der Waals surface area contributed by atoms with E-state index in [9.17, 15) is 0 Å². The molecule has 0 amide bonds. The quantitative estimate of drug-likeness (QED) is 0.0436. The molecule has 77 heavy (non-hydrogen) atoms. The Bertz CT molecular complexity index is 2640. The number of benzene rings is 6. The summed E-state index contributed by atoms with van der Waals surface area (Å²) in [5, 5.41) is 7.29. The lowest BCUT2D eigenvalue weighted by Gasteiger charge is -2.45. The third-order valence-electron chi connectivity index (χ3n) is 16.6. The third kappa shape index (κ3) is 15.1. The van der Waals surface area contributed by atoms with Crippen LogP contribution in [0.4, 0.5) is 0 Å². The second kappa shape index (κ2) is 25.0. The molecule has 1 saturated heterocycles. The average Bonchev–Trinajstić information content (AvgIpc) is 4.18. The molecule has 414 valence electrons. The highest BCUT2D eigenvalue weighted by molar-refractivity contribution is 7.06. The molecule has 0 N–H and O–H groups in total. The minimum Gasteiger partial charge on any atom is -0.433 e. The Morgan fingerprint density at radius 1 is 0.442 bits per heavy atom. The molecule has 1 aliphatic heterocycles. The van der Waals surface area contributed by atoms with Crippen molar-refractivity contribution >= 4 is 107 Å². The Morgan fingerprint density at radius 2 is 0.740 bits per heavy atom. The molecule has 15 heteroatoms. The molecule has 2 unspecified atom stereocenters. The lowest BCUT2D eigenvalue weighted by Crippen LogP contribution is -2.70. The zero-order chi connectivity index (χ0) is 55.9. The van der Waals surface area contributed by atoms with Crippen LogP contribution in [0.25, 0.3) is 0 Å². The van der Waals surface area contributed by atoms with E-state index in [4.69, 9.17) is 24.7 Å². The Labute approximate surface area is 476 Å². The lowest BCUT2D eigenvalue weighted by molar-refractivity contribution is 0.327. The maximum atomic E-state index is 8.27. The minimum absolute atomic E-state index is 0.101. The van der Waals surface area contributed by atoms with E-state index < -0.39 is 76.3 Å². The Hall–Kier alpha value is -2.97. The summed E-state index contributed by atoms with van der Waals surface area (Å²) in [6, 6.07) is 71.0. The summed E-state index contributed by atoms with van der Waals surface area (Å²) in [7, 11) is -23.2. The second-order valence-electron chi connectivity index (χ2n) is 25.8. The van der Waals surface area contributed by atoms with E-state index in [1.807, 2.05) is 0 Å². The van der Waals surface area contributed by atoms with Gasteiger partial charge in [-0.05, 0) is 157 Å². The van der Waals surface area contributed by atoms with E-state index in [0.717, 1.165) is 55.9 Å². The van der Waals surface area contributed by atoms with Crippen molar-refractivity contribution in [1.29, 1.82) is 0 Å². The smallest absolute Gasteiger partial charge is 0.386 e. The third-order valence-corrected chi connectivity index (χ3v) is 53.1. The average molecular weight is 1190 g/mol. The van der Waals surface area contributed by atoms with Crippen LogP contribution < -0.4 is 31.1 Å². The SMILES string of the molecule is CCC(C)(C)CC[Si](C)(C)O[Si](O[Si](C)(C)CC[Si](C)(C)O[Si](O[Si]1(C)CC1(CC)CC[Si](C)(C)O[Si](O[SiH](C)C)(c1ccccc1)c1ccccc1)(c1ccccc1)c1ccccc1)(c1ccccc1)c1ccccc1. The number of hydrogen-bond donors (Lipinski definition) is 0. The molecular formula is C62H94O6Si9. The van der Waals surface area contributed by atoms with Crippen molar-refractivity contribution in [2.75, 3.05) is 0 Å². The molecule has 1 aliphatic rings. The van der Waals surface area contributed by atoms with Gasteiger partial charge in [-0.1, -0.05) is 223 Å². The molecule has 0 aromatic heterocycles. The fourth-order valence-corrected chi connectivity index (χ4v) is 55.3. The molecule has 1 fully saturated rings. The van der Waals surface area contributed by atoms with Crippen LogP contribution in [0.2, 0.25) is 107 Å². The molecule has 0 radical (unpaired) electrons. The fourth-order valence-electron chi connectivity index (χ4n) is 11.4. The summed E-state index contributed by atoms with van der Waals surface area (Å²) < 4.78 is 47.4. The summed E-state index contributed by atoms with van der Waals surface area (Å²) in [5.74, 6) is 0. The van der Waals surface area contributed by atoms with Crippen LogP contribution in [-0.4, -0.2) is 76.3 Å². The van der Waals surface area contributed by atoms with Crippen LogP contribution in [0.1, 0.15) is 53.4 Å². The molecule has 6 nitrogen and oxygen atoms in total. The lowest BCUT2D eigenvalue weighted by atomic mass is 9.87. The highest BCUT2D eigenvalue weighted by Gasteiger charge is 2.70. The zero-order valence-electron chi connectivity index (χ0n) is 49.7. The summed E-state index contributed by atoms with van der Waals surface area (Å²) in [6.45, 7) is 36.1. The van der Waals surface area contributed by atoms with Crippen LogP contribution >= 0.6 is 0 Å². The first-order valence-electron chi connectivity index (χ1n) is 28.8. The normalized spacial score (nSPS) is 17.9. The van der Waals surface area contributed by atoms with Crippen LogP contribution in [0.3, 0.4) is 0 Å². The summed E-state index contributed by atoms with van der Waals surface area (Å²) >= 11 is 0. The van der Waals surface area contributed by atoms with Crippen molar-refractivity contribution < 1.29 is 24.7 Å². The largest absolute Gasteiger partial charge is 0.433 e. The maximum absolute atomic E-state index is 8.27. The molecule has 0 saturated carbocycles. The first-order chi connectivity index (χ1) is 36.3. The van der Waals surface area contributed by atoms with Crippen LogP contribution in [0.5, 0.6) is 0 Å². The molecule has 7 rings (SSSR count). The van der Waals surface area contributed by atoms with Gasteiger partial charge in [0.15, 0.2) is 50.6 Å². The highest BCUT2D eigenvalue weighted by Crippen LogP contribution is 2.69. The van der Waals surface area contributed by atoms with Crippen molar-refractivity contribution in [2.24, 2.45) is 5.41 Å². The molecule has 0 aliphatic carbocycles. The Balaban J connectivity index is 1.19. The van der Waals surface area contributed by atoms with Gasteiger partial charge in [0.05, 0.1) is 0 Å². The van der Waals surface area contributed by atoms with Gasteiger partial charge in [0.2, 0.25) is 0 Å². The molecule has 2 atom stereocenters. The van der Waals surface area contributed by atoms with Gasteiger partial charge in [-0.15, -0.1) is 0 Å². The van der Waals surface area contributed by atoms with Crippen LogP contribution in [0.15, 0.2) is 182 Å². The van der Waals surface area contributed by atoms with Gasteiger partial charge >= 0.3 is 25.7 Å². The molecule has 6 aromatic carbocycles. The van der Waals surface area contributed by atoms with Gasteiger partial charge in [-0.3, -0.25) is 0 Å². The maximum Gasteiger partial charge on any atom is 0.386 e. The fraction of sp³-hybridized carbons (Fsp3) is 0.419. The van der Waals surface area contributed by atoms with Gasteiger partial charge < -0.3 is 24.7 Å². The molecule has 0 spiro atoms. The van der Waals surface area contributed by atoms with E-state index in [1.54, 1.807) is 0 Å². The monoisotopic (exact) mass is 1190 g/mol. The van der Waals surface area contributed by atoms with Gasteiger partial charge in [-0.2, -0.15) is 0 Å². The van der Waals surface area contributed by atoms with Crippen molar-refractivity contribution in [3.8, 4) is 0 Å². The van der Waals surface area contributed by atoms with Crippen LogP contribution in [-0.2, 0) is 24.7 Å². The molecule has 1 heterocycles. The van der Waals surface area contributed by atoms with E-state index in [-0.39, 0.29) is 10.5 Å². The molecule has 6 aromatic rings. The van der Waals surface area contributed by atoms with E-state index >= 15 is 0 Å². The summed E-state index contributed by atoms with van der Waals surface area (Å²) in [5.41, 5.74) is 0.263. The van der Waals surface area contributed by atoms with E-state index in [0.29, 0.717) is 0 Å². The van der Waals surface area contributed by atoms with Gasteiger partial charge in [0, 0.05) is 0 Å². The van der Waals surface area contributed by atoms with Gasteiger partial charge in [-0.25, -0.2) is 0 Å². The van der Waals surface area contributed by atoms with Gasteiger partial charge in [0.1, 0.15) is 0 Å². The number of rotatable bonds is 29. The molecule has 0 bridgehead atoms. The first-order valence-corrected chi connectivity index (χ1v) is 52.1.